The molecule has 0 aliphatic carbocycles. The molecule has 1 atom stereocenters. The lowest BCUT2D eigenvalue weighted by Gasteiger charge is -2.13. The van der Waals surface area contributed by atoms with Crippen molar-refractivity contribution in [3.05, 3.63) is 18.2 Å². The fourth-order valence-corrected chi connectivity index (χ4v) is 1.64. The van der Waals surface area contributed by atoms with E-state index in [1.54, 1.807) is 18.2 Å². The van der Waals surface area contributed by atoms with Gasteiger partial charge in [-0.25, -0.2) is 0 Å². The van der Waals surface area contributed by atoms with Gasteiger partial charge in [0.2, 0.25) is 0 Å². The third kappa shape index (κ3) is 5.61. The van der Waals surface area contributed by atoms with Gasteiger partial charge in [0.1, 0.15) is 0 Å². The second kappa shape index (κ2) is 8.89. The van der Waals surface area contributed by atoms with Crippen molar-refractivity contribution in [2.75, 3.05) is 25.1 Å². The summed E-state index contributed by atoms with van der Waals surface area (Å²) >= 11 is 0. The molecule has 0 aliphatic rings. The predicted molar refractivity (Wildman–Crippen MR) is 82.1 cm³/mol. The van der Waals surface area contributed by atoms with Gasteiger partial charge in [0.15, 0.2) is 11.5 Å². The molecule has 0 fully saturated rings. The largest absolute Gasteiger partial charge is 0.490 e. The molecule has 0 saturated heterocycles. The molecule has 1 unspecified atom stereocenters. The molecule has 0 aromatic heterocycles. The molecule has 1 aromatic carbocycles. The number of carbonyl (C=O) groups is 2. The Morgan fingerprint density at radius 3 is 2.36 bits per heavy atom. The maximum absolute atomic E-state index is 11.7. The molecule has 122 valence electrons. The van der Waals surface area contributed by atoms with Gasteiger partial charge in [-0.2, -0.15) is 0 Å². The summed E-state index contributed by atoms with van der Waals surface area (Å²) in [6.45, 7) is 6.17. The Bertz CT molecular complexity index is 517. The summed E-state index contributed by atoms with van der Waals surface area (Å²) in [7, 11) is 0. The van der Waals surface area contributed by atoms with Crippen molar-refractivity contribution in [1.82, 2.24) is 5.32 Å². The summed E-state index contributed by atoms with van der Waals surface area (Å²) in [6, 6.07) is 4.87. The minimum Gasteiger partial charge on any atom is -0.490 e. The summed E-state index contributed by atoms with van der Waals surface area (Å²) in [5.41, 5.74) is 0.420. The molecule has 7 heteroatoms. The first-order chi connectivity index (χ1) is 10.5. The Kier molecular flexibility index (Phi) is 7.18. The number of hydrogen-bond acceptors (Lipinski definition) is 5. The molecule has 0 radical (unpaired) electrons. The molecule has 0 spiro atoms. The third-order valence-electron chi connectivity index (χ3n) is 2.57. The zero-order valence-electron chi connectivity index (χ0n) is 13.0. The van der Waals surface area contributed by atoms with Crippen molar-refractivity contribution in [2.24, 2.45) is 0 Å². The van der Waals surface area contributed by atoms with Crippen LogP contribution in [0.1, 0.15) is 20.8 Å². The highest BCUT2D eigenvalue weighted by atomic mass is 16.5. The van der Waals surface area contributed by atoms with Crippen molar-refractivity contribution in [2.45, 2.75) is 26.9 Å². The van der Waals surface area contributed by atoms with E-state index in [0.29, 0.717) is 30.4 Å². The number of benzene rings is 1. The minimum absolute atomic E-state index is 0.0136. The van der Waals surface area contributed by atoms with E-state index in [2.05, 4.69) is 10.6 Å². The standard InChI is InChI=1S/C15H22N2O5/c1-4-21-12-7-6-11(8-13(12)22-5-2)17-15(20)14(19)16-9-10(3)18/h6-8,10,18H,4-5,9H2,1-3H3,(H,16,19)(H,17,20). The highest BCUT2D eigenvalue weighted by Gasteiger charge is 2.15. The van der Waals surface area contributed by atoms with Gasteiger partial charge in [0.05, 0.1) is 19.3 Å². The molecule has 0 heterocycles. The lowest BCUT2D eigenvalue weighted by atomic mass is 10.2. The molecule has 7 nitrogen and oxygen atoms in total. The van der Waals surface area contributed by atoms with E-state index < -0.39 is 17.9 Å². The summed E-state index contributed by atoms with van der Waals surface area (Å²) in [5.74, 6) is -0.563. The smallest absolute Gasteiger partial charge is 0.313 e. The molecular weight excluding hydrogens is 288 g/mol. The van der Waals surface area contributed by atoms with E-state index in [4.69, 9.17) is 14.6 Å². The number of carbonyl (C=O) groups excluding carboxylic acids is 2. The molecule has 3 N–H and O–H groups in total. The van der Waals surface area contributed by atoms with Crippen LogP contribution in [0, 0.1) is 0 Å². The van der Waals surface area contributed by atoms with Crippen molar-refractivity contribution in [1.29, 1.82) is 0 Å². The number of amides is 2. The minimum atomic E-state index is -0.813. The number of hydrogen-bond donors (Lipinski definition) is 3. The normalized spacial score (nSPS) is 11.5. The molecule has 2 amide bonds. The monoisotopic (exact) mass is 310 g/mol. The number of nitrogens with one attached hydrogen (secondary N) is 2. The quantitative estimate of drug-likeness (QED) is 0.651. The summed E-state index contributed by atoms with van der Waals surface area (Å²) in [6.07, 6.45) is -0.716. The molecule has 1 aromatic rings. The van der Waals surface area contributed by atoms with Gasteiger partial charge in [0, 0.05) is 18.3 Å². The highest BCUT2D eigenvalue weighted by molar-refractivity contribution is 6.39. The highest BCUT2D eigenvalue weighted by Crippen LogP contribution is 2.30. The number of ether oxygens (including phenoxy) is 2. The van der Waals surface area contributed by atoms with Gasteiger partial charge in [-0.1, -0.05) is 0 Å². The Balaban J connectivity index is 2.74. The van der Waals surface area contributed by atoms with Gasteiger partial charge in [-0.05, 0) is 32.9 Å². The van der Waals surface area contributed by atoms with Crippen LogP contribution >= 0.6 is 0 Å². The van der Waals surface area contributed by atoms with Crippen LogP contribution in [0.5, 0.6) is 11.5 Å². The Morgan fingerprint density at radius 2 is 1.77 bits per heavy atom. The first kappa shape index (κ1) is 17.8. The SMILES string of the molecule is CCOc1ccc(NC(=O)C(=O)NCC(C)O)cc1OCC. The molecule has 22 heavy (non-hydrogen) atoms. The lowest BCUT2D eigenvalue weighted by Crippen LogP contribution is -2.38. The fourth-order valence-electron chi connectivity index (χ4n) is 1.64. The maximum atomic E-state index is 11.7. The Hall–Kier alpha value is -2.28. The maximum Gasteiger partial charge on any atom is 0.313 e. The topological polar surface area (TPSA) is 96.9 Å². The molecule has 0 bridgehead atoms. The van der Waals surface area contributed by atoms with Crippen molar-refractivity contribution < 1.29 is 24.2 Å². The van der Waals surface area contributed by atoms with Crippen LogP contribution in [0.3, 0.4) is 0 Å². The van der Waals surface area contributed by atoms with E-state index in [-0.39, 0.29) is 6.54 Å². The number of aliphatic hydroxyl groups excluding tert-OH is 1. The van der Waals surface area contributed by atoms with Crippen LogP contribution < -0.4 is 20.1 Å². The number of rotatable bonds is 7. The summed E-state index contributed by atoms with van der Waals surface area (Å²) in [4.78, 5) is 23.3. The molecule has 1 rings (SSSR count). The predicted octanol–water partition coefficient (Wildman–Crippen LogP) is 0.920. The van der Waals surface area contributed by atoms with Gasteiger partial charge < -0.3 is 25.2 Å². The van der Waals surface area contributed by atoms with Gasteiger partial charge >= 0.3 is 11.8 Å². The Labute approximate surface area is 129 Å². The van der Waals surface area contributed by atoms with Crippen molar-refractivity contribution in [3.63, 3.8) is 0 Å². The van der Waals surface area contributed by atoms with Crippen LogP contribution in [-0.4, -0.2) is 42.8 Å². The van der Waals surface area contributed by atoms with E-state index in [9.17, 15) is 9.59 Å². The first-order valence-electron chi connectivity index (χ1n) is 7.14. The van der Waals surface area contributed by atoms with Crippen LogP contribution in [0.15, 0.2) is 18.2 Å². The van der Waals surface area contributed by atoms with Crippen LogP contribution in [0.2, 0.25) is 0 Å². The van der Waals surface area contributed by atoms with Crippen molar-refractivity contribution >= 4 is 17.5 Å². The third-order valence-corrected chi connectivity index (χ3v) is 2.57. The van der Waals surface area contributed by atoms with E-state index in [1.807, 2.05) is 13.8 Å². The lowest BCUT2D eigenvalue weighted by molar-refractivity contribution is -0.136. The second-order valence-electron chi connectivity index (χ2n) is 4.54. The van der Waals surface area contributed by atoms with E-state index in [1.165, 1.54) is 6.92 Å². The average Bonchev–Trinajstić information content (AvgIpc) is 2.47. The second-order valence-corrected chi connectivity index (χ2v) is 4.54. The number of aliphatic hydroxyl groups is 1. The van der Waals surface area contributed by atoms with Crippen LogP contribution in [0.4, 0.5) is 5.69 Å². The van der Waals surface area contributed by atoms with E-state index in [0.717, 1.165) is 0 Å². The molecular formula is C15H22N2O5. The van der Waals surface area contributed by atoms with Gasteiger partial charge in [0.25, 0.3) is 0 Å². The average molecular weight is 310 g/mol. The van der Waals surface area contributed by atoms with Crippen LogP contribution in [-0.2, 0) is 9.59 Å². The van der Waals surface area contributed by atoms with Gasteiger partial charge in [-0.15, -0.1) is 0 Å². The zero-order chi connectivity index (χ0) is 16.5. The fraction of sp³-hybridized carbons (Fsp3) is 0.467. The molecule has 0 aliphatic heterocycles. The first-order valence-corrected chi connectivity index (χ1v) is 7.14. The van der Waals surface area contributed by atoms with Crippen LogP contribution in [0.25, 0.3) is 0 Å². The summed E-state index contributed by atoms with van der Waals surface area (Å²) < 4.78 is 10.9. The van der Waals surface area contributed by atoms with Crippen molar-refractivity contribution in [3.8, 4) is 11.5 Å². The Morgan fingerprint density at radius 1 is 1.14 bits per heavy atom. The van der Waals surface area contributed by atoms with E-state index >= 15 is 0 Å². The number of anilines is 1. The van der Waals surface area contributed by atoms with Gasteiger partial charge in [-0.3, -0.25) is 9.59 Å². The molecule has 0 saturated carbocycles. The summed E-state index contributed by atoms with van der Waals surface area (Å²) in [5, 5.41) is 13.9. The zero-order valence-corrected chi connectivity index (χ0v) is 13.0.